The minimum atomic E-state index is 0.499. The Hall–Kier alpha value is -0.120. The van der Waals surface area contributed by atoms with E-state index >= 15 is 0 Å². The van der Waals surface area contributed by atoms with Gasteiger partial charge in [0.25, 0.3) is 0 Å². The standard InChI is InChI=1S/C15H34N2O/c1-6-8-9-11-17(14(3)4)15(13-18-5)12-16-10-7-2/h14-16H,6-13H2,1-5H3. The largest absolute Gasteiger partial charge is 0.383 e. The third-order valence-corrected chi connectivity index (χ3v) is 3.32. The molecule has 0 aliphatic heterocycles. The number of ether oxygens (including phenoxy) is 1. The summed E-state index contributed by atoms with van der Waals surface area (Å²) in [4.78, 5) is 2.59. The molecule has 1 unspecified atom stereocenters. The van der Waals surface area contributed by atoms with Crippen LogP contribution >= 0.6 is 0 Å². The van der Waals surface area contributed by atoms with Crippen molar-refractivity contribution < 1.29 is 4.74 Å². The maximum absolute atomic E-state index is 5.39. The van der Waals surface area contributed by atoms with E-state index in [1.165, 1.54) is 32.2 Å². The Morgan fingerprint density at radius 3 is 2.33 bits per heavy atom. The third kappa shape index (κ3) is 8.06. The first kappa shape index (κ1) is 17.9. The Morgan fingerprint density at radius 1 is 1.11 bits per heavy atom. The molecular formula is C15H34N2O. The molecule has 0 aromatic rings. The second kappa shape index (κ2) is 11.9. The normalized spacial score (nSPS) is 13.5. The lowest BCUT2D eigenvalue weighted by atomic mass is 10.1. The number of rotatable bonds is 12. The molecule has 0 aliphatic rings. The van der Waals surface area contributed by atoms with E-state index in [1.807, 2.05) is 0 Å². The molecule has 0 fully saturated rings. The lowest BCUT2D eigenvalue weighted by Crippen LogP contribution is -2.49. The van der Waals surface area contributed by atoms with Crippen LogP contribution in [0.3, 0.4) is 0 Å². The number of unbranched alkanes of at least 4 members (excludes halogenated alkanes) is 2. The van der Waals surface area contributed by atoms with Crippen molar-refractivity contribution >= 4 is 0 Å². The first-order valence-corrected chi connectivity index (χ1v) is 7.62. The minimum Gasteiger partial charge on any atom is -0.383 e. The molecule has 0 aromatic carbocycles. The van der Waals surface area contributed by atoms with E-state index in [4.69, 9.17) is 4.74 Å². The average molecular weight is 258 g/mol. The monoisotopic (exact) mass is 258 g/mol. The van der Waals surface area contributed by atoms with Gasteiger partial charge in [0.2, 0.25) is 0 Å². The zero-order valence-electron chi connectivity index (χ0n) is 13.2. The van der Waals surface area contributed by atoms with Gasteiger partial charge in [-0.1, -0.05) is 26.7 Å². The van der Waals surface area contributed by atoms with Crippen LogP contribution in [-0.4, -0.2) is 50.3 Å². The van der Waals surface area contributed by atoms with E-state index in [1.54, 1.807) is 7.11 Å². The van der Waals surface area contributed by atoms with Crippen LogP contribution in [0.1, 0.15) is 53.4 Å². The Bertz CT molecular complexity index is 174. The Balaban J connectivity index is 4.25. The lowest BCUT2D eigenvalue weighted by Gasteiger charge is -2.35. The molecule has 0 heterocycles. The second-order valence-corrected chi connectivity index (χ2v) is 5.35. The van der Waals surface area contributed by atoms with E-state index in [0.717, 1.165) is 19.7 Å². The highest BCUT2D eigenvalue weighted by molar-refractivity contribution is 4.76. The predicted molar refractivity (Wildman–Crippen MR) is 80.2 cm³/mol. The maximum atomic E-state index is 5.39. The van der Waals surface area contributed by atoms with Gasteiger partial charge in [-0.2, -0.15) is 0 Å². The van der Waals surface area contributed by atoms with Gasteiger partial charge >= 0.3 is 0 Å². The van der Waals surface area contributed by atoms with Crippen LogP contribution in [0.5, 0.6) is 0 Å². The average Bonchev–Trinajstić information content (AvgIpc) is 2.34. The van der Waals surface area contributed by atoms with E-state index in [-0.39, 0.29) is 0 Å². The molecule has 0 radical (unpaired) electrons. The van der Waals surface area contributed by atoms with Crippen molar-refractivity contribution in [1.82, 2.24) is 10.2 Å². The number of hydrogen-bond acceptors (Lipinski definition) is 3. The van der Waals surface area contributed by atoms with Gasteiger partial charge in [0.15, 0.2) is 0 Å². The SMILES string of the molecule is CCCCCN(C(C)C)C(CNCCC)COC. The molecule has 1 N–H and O–H groups in total. The molecule has 18 heavy (non-hydrogen) atoms. The highest BCUT2D eigenvalue weighted by Gasteiger charge is 2.20. The van der Waals surface area contributed by atoms with Gasteiger partial charge in [0.05, 0.1) is 6.61 Å². The van der Waals surface area contributed by atoms with Crippen LogP contribution in [0.2, 0.25) is 0 Å². The summed E-state index contributed by atoms with van der Waals surface area (Å²) >= 11 is 0. The van der Waals surface area contributed by atoms with Crippen LogP contribution < -0.4 is 5.32 Å². The molecule has 0 saturated heterocycles. The molecule has 0 spiro atoms. The van der Waals surface area contributed by atoms with Gasteiger partial charge in [-0.15, -0.1) is 0 Å². The summed E-state index contributed by atoms with van der Waals surface area (Å²) < 4.78 is 5.39. The molecule has 0 saturated carbocycles. The van der Waals surface area contributed by atoms with Crippen LogP contribution in [0.4, 0.5) is 0 Å². The van der Waals surface area contributed by atoms with Crippen molar-refractivity contribution in [1.29, 1.82) is 0 Å². The Kier molecular flexibility index (Phi) is 11.9. The molecular weight excluding hydrogens is 224 g/mol. The highest BCUT2D eigenvalue weighted by atomic mass is 16.5. The number of hydrogen-bond donors (Lipinski definition) is 1. The number of nitrogens with one attached hydrogen (secondary N) is 1. The fourth-order valence-electron chi connectivity index (χ4n) is 2.32. The van der Waals surface area contributed by atoms with Crippen molar-refractivity contribution in [2.45, 2.75) is 65.5 Å². The fourth-order valence-corrected chi connectivity index (χ4v) is 2.32. The topological polar surface area (TPSA) is 24.5 Å². The van der Waals surface area contributed by atoms with Gasteiger partial charge in [-0.25, -0.2) is 0 Å². The van der Waals surface area contributed by atoms with Crippen molar-refractivity contribution in [3.63, 3.8) is 0 Å². The van der Waals surface area contributed by atoms with Crippen LogP contribution in [0, 0.1) is 0 Å². The summed E-state index contributed by atoms with van der Waals surface area (Å²) in [5, 5.41) is 3.52. The molecule has 0 amide bonds. The third-order valence-electron chi connectivity index (χ3n) is 3.32. The second-order valence-electron chi connectivity index (χ2n) is 5.35. The van der Waals surface area contributed by atoms with Crippen molar-refractivity contribution in [2.75, 3.05) is 33.4 Å². The van der Waals surface area contributed by atoms with Crippen molar-refractivity contribution in [3.05, 3.63) is 0 Å². The van der Waals surface area contributed by atoms with Gasteiger partial charge in [0.1, 0.15) is 0 Å². The molecule has 3 heteroatoms. The maximum Gasteiger partial charge on any atom is 0.0630 e. The molecule has 110 valence electrons. The molecule has 0 rings (SSSR count). The van der Waals surface area contributed by atoms with E-state index < -0.39 is 0 Å². The van der Waals surface area contributed by atoms with E-state index in [9.17, 15) is 0 Å². The zero-order valence-corrected chi connectivity index (χ0v) is 13.2. The smallest absolute Gasteiger partial charge is 0.0630 e. The molecule has 1 atom stereocenters. The van der Waals surface area contributed by atoms with Crippen molar-refractivity contribution in [2.24, 2.45) is 0 Å². The zero-order chi connectivity index (χ0) is 13.8. The summed E-state index contributed by atoms with van der Waals surface area (Å²) in [6, 6.07) is 1.09. The first-order chi connectivity index (χ1) is 8.67. The van der Waals surface area contributed by atoms with Crippen LogP contribution in [0.25, 0.3) is 0 Å². The predicted octanol–water partition coefficient (Wildman–Crippen LogP) is 2.90. The summed E-state index contributed by atoms with van der Waals surface area (Å²) in [5.74, 6) is 0. The van der Waals surface area contributed by atoms with Crippen LogP contribution in [-0.2, 0) is 4.74 Å². The van der Waals surface area contributed by atoms with Gasteiger partial charge < -0.3 is 10.1 Å². The van der Waals surface area contributed by atoms with E-state index in [2.05, 4.69) is 37.9 Å². The Labute approximate surface area is 114 Å². The quantitative estimate of drug-likeness (QED) is 0.545. The van der Waals surface area contributed by atoms with Gasteiger partial charge in [0, 0.05) is 25.7 Å². The summed E-state index contributed by atoms with van der Waals surface area (Å²) in [7, 11) is 1.80. The first-order valence-electron chi connectivity index (χ1n) is 7.62. The van der Waals surface area contributed by atoms with Crippen molar-refractivity contribution in [3.8, 4) is 0 Å². The number of nitrogens with zero attached hydrogens (tertiary/aromatic N) is 1. The Morgan fingerprint density at radius 2 is 1.83 bits per heavy atom. The molecule has 0 aliphatic carbocycles. The fraction of sp³-hybridized carbons (Fsp3) is 1.00. The molecule has 0 bridgehead atoms. The lowest BCUT2D eigenvalue weighted by molar-refractivity contribution is 0.0682. The van der Waals surface area contributed by atoms with Gasteiger partial charge in [-0.05, 0) is 39.8 Å². The molecule has 3 nitrogen and oxygen atoms in total. The van der Waals surface area contributed by atoms with Crippen LogP contribution in [0.15, 0.2) is 0 Å². The minimum absolute atomic E-state index is 0.499. The van der Waals surface area contributed by atoms with E-state index in [0.29, 0.717) is 12.1 Å². The highest BCUT2D eigenvalue weighted by Crippen LogP contribution is 2.09. The van der Waals surface area contributed by atoms with Gasteiger partial charge in [-0.3, -0.25) is 4.90 Å². The summed E-state index contributed by atoms with van der Waals surface area (Å²) in [5.41, 5.74) is 0. The summed E-state index contributed by atoms with van der Waals surface area (Å²) in [6.45, 7) is 13.2. The molecule has 0 aromatic heterocycles. The number of methoxy groups -OCH3 is 1. The summed E-state index contributed by atoms with van der Waals surface area (Å²) in [6.07, 6.45) is 5.10.